The Morgan fingerprint density at radius 1 is 1.03 bits per heavy atom. The highest BCUT2D eigenvalue weighted by atomic mass is 35.5. The number of para-hydroxylation sites is 1. The van der Waals surface area contributed by atoms with Crippen LogP contribution in [0.2, 0.25) is 5.02 Å². The fraction of sp³-hybridized carbons (Fsp3) is 0.0833. The molecule has 1 fully saturated rings. The fourth-order valence-corrected chi connectivity index (χ4v) is 5.12. The Bertz CT molecular complexity index is 1120. The number of carbonyl (C=O) groups is 1. The molecule has 4 rings (SSSR count). The third kappa shape index (κ3) is 5.71. The lowest BCUT2D eigenvalue weighted by Gasteiger charge is -2.13. The molecule has 1 aliphatic rings. The molecule has 1 saturated heterocycles. The van der Waals surface area contributed by atoms with Crippen LogP contribution in [0.25, 0.3) is 6.08 Å². The number of thioether (sulfide) groups is 2. The smallest absolute Gasteiger partial charge is 0.270 e. The van der Waals surface area contributed by atoms with Gasteiger partial charge < -0.3 is 4.74 Å². The zero-order valence-corrected chi connectivity index (χ0v) is 19.6. The lowest BCUT2D eigenvalue weighted by molar-refractivity contribution is -0.113. The first kappa shape index (κ1) is 22.0. The number of nitrogens with zero attached hydrogens (tertiary/aromatic N) is 1. The second-order valence-corrected chi connectivity index (χ2v) is 9.86. The molecule has 3 aromatic carbocycles. The van der Waals surface area contributed by atoms with Gasteiger partial charge in [0.05, 0.1) is 17.2 Å². The van der Waals surface area contributed by atoms with Gasteiger partial charge in [-0.1, -0.05) is 65.9 Å². The Morgan fingerprint density at radius 2 is 1.81 bits per heavy atom. The van der Waals surface area contributed by atoms with E-state index in [2.05, 4.69) is 0 Å². The number of carbonyl (C=O) groups excluding carboxylic acids is 1. The second kappa shape index (κ2) is 10.4. The number of amides is 1. The van der Waals surface area contributed by atoms with Crippen molar-refractivity contribution in [2.24, 2.45) is 0 Å². The summed E-state index contributed by atoms with van der Waals surface area (Å²) >= 11 is 14.4. The molecule has 156 valence electrons. The minimum absolute atomic E-state index is 0.105. The predicted octanol–water partition coefficient (Wildman–Crippen LogP) is 6.92. The summed E-state index contributed by atoms with van der Waals surface area (Å²) in [5, 5.41) is 0.734. The Labute approximate surface area is 200 Å². The minimum atomic E-state index is -0.105. The molecule has 1 aliphatic heterocycles. The maximum atomic E-state index is 12.9. The molecule has 0 bridgehead atoms. The predicted molar refractivity (Wildman–Crippen MR) is 136 cm³/mol. The number of halogens is 1. The van der Waals surface area contributed by atoms with E-state index in [-0.39, 0.29) is 5.91 Å². The number of hydrogen-bond acceptors (Lipinski definition) is 5. The molecule has 0 radical (unpaired) electrons. The molecule has 1 amide bonds. The van der Waals surface area contributed by atoms with Crippen LogP contribution in [0.15, 0.2) is 88.7 Å². The number of thiocarbonyl (C=S) groups is 1. The third-order valence-electron chi connectivity index (χ3n) is 4.40. The van der Waals surface area contributed by atoms with Gasteiger partial charge in [-0.3, -0.25) is 9.69 Å². The Morgan fingerprint density at radius 3 is 2.58 bits per heavy atom. The Kier molecular flexibility index (Phi) is 7.35. The standard InChI is InChI=1S/C24H18ClNO2S3/c25-18-9-11-21(12-10-18)30-14-13-28-20-8-4-5-17(15-20)16-22-23(27)26(24(29)31-22)19-6-2-1-3-7-19/h1-12,15-16H,13-14H2. The van der Waals surface area contributed by atoms with E-state index < -0.39 is 0 Å². The average molecular weight is 484 g/mol. The lowest BCUT2D eigenvalue weighted by Crippen LogP contribution is -2.27. The molecule has 3 nitrogen and oxygen atoms in total. The van der Waals surface area contributed by atoms with Crippen molar-refractivity contribution in [2.45, 2.75) is 4.90 Å². The van der Waals surface area contributed by atoms with Crippen LogP contribution in [-0.2, 0) is 4.79 Å². The summed E-state index contributed by atoms with van der Waals surface area (Å²) in [5.41, 5.74) is 1.68. The van der Waals surface area contributed by atoms with Crippen LogP contribution in [0.5, 0.6) is 5.75 Å². The molecule has 31 heavy (non-hydrogen) atoms. The van der Waals surface area contributed by atoms with E-state index in [1.54, 1.807) is 16.7 Å². The molecular weight excluding hydrogens is 466 g/mol. The van der Waals surface area contributed by atoms with E-state index >= 15 is 0 Å². The number of ether oxygens (including phenoxy) is 1. The van der Waals surface area contributed by atoms with Gasteiger partial charge in [0.15, 0.2) is 4.32 Å². The van der Waals surface area contributed by atoms with E-state index in [1.807, 2.05) is 84.9 Å². The molecular formula is C24H18ClNO2S3. The van der Waals surface area contributed by atoms with Crippen LogP contribution in [0.4, 0.5) is 5.69 Å². The SMILES string of the molecule is O=C1C(=Cc2cccc(OCCSc3ccc(Cl)cc3)c2)SC(=S)N1c1ccccc1. The van der Waals surface area contributed by atoms with Crippen molar-refractivity contribution in [3.63, 3.8) is 0 Å². The quantitative estimate of drug-likeness (QED) is 0.157. The fourth-order valence-electron chi connectivity index (χ4n) is 2.96. The van der Waals surface area contributed by atoms with Crippen LogP contribution in [-0.4, -0.2) is 22.6 Å². The van der Waals surface area contributed by atoms with Crippen molar-refractivity contribution in [1.29, 1.82) is 0 Å². The molecule has 0 spiro atoms. The highest BCUT2D eigenvalue weighted by molar-refractivity contribution is 8.27. The second-order valence-electron chi connectivity index (χ2n) is 6.58. The first-order valence-electron chi connectivity index (χ1n) is 9.54. The third-order valence-corrected chi connectivity index (χ3v) is 6.93. The van der Waals surface area contributed by atoms with Crippen molar-refractivity contribution in [2.75, 3.05) is 17.3 Å². The summed E-state index contributed by atoms with van der Waals surface area (Å²) in [6.07, 6.45) is 1.86. The molecule has 0 unspecified atom stereocenters. The van der Waals surface area contributed by atoms with E-state index in [9.17, 15) is 4.79 Å². The van der Waals surface area contributed by atoms with Crippen LogP contribution < -0.4 is 9.64 Å². The number of benzene rings is 3. The molecule has 0 aliphatic carbocycles. The molecule has 0 N–H and O–H groups in total. The van der Waals surface area contributed by atoms with E-state index in [4.69, 9.17) is 28.6 Å². The van der Waals surface area contributed by atoms with Gasteiger partial charge in [0.2, 0.25) is 0 Å². The maximum absolute atomic E-state index is 12.9. The monoisotopic (exact) mass is 483 g/mol. The van der Waals surface area contributed by atoms with Gasteiger partial charge >= 0.3 is 0 Å². The normalized spacial score (nSPS) is 15.0. The van der Waals surface area contributed by atoms with Gasteiger partial charge in [0.25, 0.3) is 5.91 Å². The van der Waals surface area contributed by atoms with Crippen LogP contribution in [0, 0.1) is 0 Å². The van der Waals surface area contributed by atoms with Gasteiger partial charge in [0.1, 0.15) is 5.75 Å². The Hall–Kier alpha value is -2.25. The Balaban J connectivity index is 1.38. The molecule has 7 heteroatoms. The molecule has 0 aromatic heterocycles. The van der Waals surface area contributed by atoms with E-state index in [0.29, 0.717) is 15.8 Å². The summed E-state index contributed by atoms with van der Waals surface area (Å²) in [5.74, 6) is 1.48. The van der Waals surface area contributed by atoms with Crippen molar-refractivity contribution in [3.8, 4) is 5.75 Å². The minimum Gasteiger partial charge on any atom is -0.493 e. The number of hydrogen-bond donors (Lipinski definition) is 0. The summed E-state index contributed by atoms with van der Waals surface area (Å²) in [4.78, 5) is 16.2. The number of anilines is 1. The maximum Gasteiger partial charge on any atom is 0.270 e. The van der Waals surface area contributed by atoms with Crippen LogP contribution >= 0.6 is 47.3 Å². The largest absolute Gasteiger partial charge is 0.493 e. The first-order valence-corrected chi connectivity index (χ1v) is 12.1. The summed E-state index contributed by atoms with van der Waals surface area (Å²) in [6.45, 7) is 0.576. The van der Waals surface area contributed by atoms with Crippen molar-refractivity contribution < 1.29 is 9.53 Å². The molecule has 0 atom stereocenters. The van der Waals surface area contributed by atoms with Gasteiger partial charge in [0, 0.05) is 15.7 Å². The van der Waals surface area contributed by atoms with Gasteiger partial charge in [-0.15, -0.1) is 11.8 Å². The van der Waals surface area contributed by atoms with Gasteiger partial charge in [-0.2, -0.15) is 0 Å². The average Bonchev–Trinajstić information content (AvgIpc) is 3.06. The van der Waals surface area contributed by atoms with Gasteiger partial charge in [-0.05, 0) is 60.2 Å². The highest BCUT2D eigenvalue weighted by Crippen LogP contribution is 2.36. The highest BCUT2D eigenvalue weighted by Gasteiger charge is 2.33. The zero-order chi connectivity index (χ0) is 21.6. The zero-order valence-electron chi connectivity index (χ0n) is 16.4. The van der Waals surface area contributed by atoms with Crippen molar-refractivity contribution in [1.82, 2.24) is 0 Å². The molecule has 1 heterocycles. The van der Waals surface area contributed by atoms with Crippen molar-refractivity contribution >= 4 is 69.3 Å². The van der Waals surface area contributed by atoms with E-state index in [1.165, 1.54) is 11.8 Å². The van der Waals surface area contributed by atoms with E-state index in [0.717, 1.165) is 32.7 Å². The molecule has 3 aromatic rings. The van der Waals surface area contributed by atoms with Crippen LogP contribution in [0.3, 0.4) is 0 Å². The van der Waals surface area contributed by atoms with Crippen LogP contribution in [0.1, 0.15) is 5.56 Å². The summed E-state index contributed by atoms with van der Waals surface area (Å²) in [7, 11) is 0. The first-order chi connectivity index (χ1) is 15.1. The summed E-state index contributed by atoms with van der Waals surface area (Å²) < 4.78 is 6.43. The van der Waals surface area contributed by atoms with Crippen molar-refractivity contribution in [3.05, 3.63) is 94.4 Å². The summed E-state index contributed by atoms with van der Waals surface area (Å²) in [6, 6.07) is 24.9. The topological polar surface area (TPSA) is 29.5 Å². The molecule has 0 saturated carbocycles. The van der Waals surface area contributed by atoms with Gasteiger partial charge in [-0.25, -0.2) is 0 Å². The number of rotatable bonds is 7. The lowest BCUT2D eigenvalue weighted by atomic mass is 10.2.